The van der Waals surface area contributed by atoms with Gasteiger partial charge in [-0.3, -0.25) is 0 Å². The number of aliphatic hydroxyl groups excluding tert-OH is 1. The lowest BCUT2D eigenvalue weighted by Gasteiger charge is -2.11. The van der Waals surface area contributed by atoms with E-state index in [2.05, 4.69) is 0 Å². The molecule has 15 heavy (non-hydrogen) atoms. The maximum Gasteiger partial charge on any atom is 0.419 e. The lowest BCUT2D eigenvalue weighted by molar-refractivity contribution is -0.140. The third-order valence-electron chi connectivity index (χ3n) is 1.90. The van der Waals surface area contributed by atoms with Gasteiger partial charge in [-0.05, 0) is 18.6 Å². The Hall–Kier alpha value is -1.10. The van der Waals surface area contributed by atoms with Crippen molar-refractivity contribution in [2.75, 3.05) is 0 Å². The Kier molecular flexibility index (Phi) is 3.34. The van der Waals surface area contributed by atoms with Crippen LogP contribution in [0.25, 0.3) is 0 Å². The summed E-state index contributed by atoms with van der Waals surface area (Å²) in [6.45, 7) is 1.39. The van der Waals surface area contributed by atoms with Crippen molar-refractivity contribution < 1.29 is 22.7 Å². The summed E-state index contributed by atoms with van der Waals surface area (Å²) < 4.78 is 50.1. The van der Waals surface area contributed by atoms with Crippen LogP contribution in [0, 0.1) is 5.82 Å². The van der Waals surface area contributed by atoms with Crippen LogP contribution < -0.4 is 0 Å². The van der Waals surface area contributed by atoms with Gasteiger partial charge < -0.3 is 5.11 Å². The number of alkyl halides is 3. The van der Waals surface area contributed by atoms with Crippen LogP contribution in [0.4, 0.5) is 17.6 Å². The Morgan fingerprint density at radius 1 is 1.33 bits per heavy atom. The van der Waals surface area contributed by atoms with E-state index in [1.807, 2.05) is 0 Å². The normalized spacial score (nSPS) is 14.0. The number of hydrogen-bond donors (Lipinski definition) is 1. The summed E-state index contributed by atoms with van der Waals surface area (Å²) in [6, 6.07) is 3.04. The summed E-state index contributed by atoms with van der Waals surface area (Å²) in [4.78, 5) is 0. The molecule has 1 nitrogen and oxygen atoms in total. The molecule has 0 saturated carbocycles. The molecule has 0 bridgehead atoms. The van der Waals surface area contributed by atoms with Crippen LogP contribution in [0.3, 0.4) is 0 Å². The molecule has 0 radical (unpaired) electrons. The summed E-state index contributed by atoms with van der Waals surface area (Å²) in [5.74, 6) is -1.30. The van der Waals surface area contributed by atoms with Gasteiger partial charge in [0.15, 0.2) is 0 Å². The van der Waals surface area contributed by atoms with Gasteiger partial charge in [-0.2, -0.15) is 13.2 Å². The fraction of sp³-hybridized carbons (Fsp3) is 0.400. The smallest absolute Gasteiger partial charge is 0.393 e. The second kappa shape index (κ2) is 4.18. The molecule has 1 aromatic rings. The van der Waals surface area contributed by atoms with E-state index in [0.717, 1.165) is 6.07 Å². The molecule has 1 N–H and O–H groups in total. The monoisotopic (exact) mass is 222 g/mol. The number of rotatable bonds is 2. The number of benzene rings is 1. The highest BCUT2D eigenvalue weighted by Gasteiger charge is 2.34. The third-order valence-corrected chi connectivity index (χ3v) is 1.90. The molecule has 84 valence electrons. The summed E-state index contributed by atoms with van der Waals surface area (Å²) >= 11 is 0. The molecule has 0 heterocycles. The minimum Gasteiger partial charge on any atom is -0.393 e. The fourth-order valence-electron chi connectivity index (χ4n) is 1.27. The lowest BCUT2D eigenvalue weighted by Crippen LogP contribution is -2.12. The molecule has 0 aliphatic heterocycles. The number of aliphatic hydroxyl groups is 1. The Bertz CT molecular complexity index is 344. The molecule has 0 amide bonds. The number of halogens is 4. The SMILES string of the molecule is C[C@H](O)Cc1cccc(C(F)(F)F)c1F. The third kappa shape index (κ3) is 2.92. The Labute approximate surface area is 84.3 Å². The van der Waals surface area contributed by atoms with Crippen molar-refractivity contribution in [1.29, 1.82) is 0 Å². The average molecular weight is 222 g/mol. The van der Waals surface area contributed by atoms with E-state index >= 15 is 0 Å². The van der Waals surface area contributed by atoms with Gasteiger partial charge in [-0.1, -0.05) is 12.1 Å². The Morgan fingerprint density at radius 3 is 2.40 bits per heavy atom. The van der Waals surface area contributed by atoms with Gasteiger partial charge in [0.05, 0.1) is 11.7 Å². The first-order valence-corrected chi connectivity index (χ1v) is 4.35. The molecule has 0 unspecified atom stereocenters. The summed E-state index contributed by atoms with van der Waals surface area (Å²) in [7, 11) is 0. The predicted molar refractivity (Wildman–Crippen MR) is 46.8 cm³/mol. The zero-order valence-corrected chi connectivity index (χ0v) is 7.98. The van der Waals surface area contributed by atoms with Crippen LogP contribution in [0.2, 0.25) is 0 Å². The highest BCUT2D eigenvalue weighted by atomic mass is 19.4. The molecule has 0 fully saturated rings. The van der Waals surface area contributed by atoms with Crippen LogP contribution in [0.15, 0.2) is 18.2 Å². The summed E-state index contributed by atoms with van der Waals surface area (Å²) in [5, 5.41) is 8.98. The molecule has 0 saturated heterocycles. The molecule has 1 rings (SSSR count). The van der Waals surface area contributed by atoms with Gasteiger partial charge in [-0.25, -0.2) is 4.39 Å². The van der Waals surface area contributed by atoms with Crippen LogP contribution in [0.1, 0.15) is 18.1 Å². The fourth-order valence-corrected chi connectivity index (χ4v) is 1.27. The minimum atomic E-state index is -4.70. The topological polar surface area (TPSA) is 20.2 Å². The molecule has 5 heteroatoms. The highest BCUT2D eigenvalue weighted by molar-refractivity contribution is 5.28. The van der Waals surface area contributed by atoms with Crippen LogP contribution in [-0.2, 0) is 12.6 Å². The predicted octanol–water partition coefficient (Wildman–Crippen LogP) is 2.77. The van der Waals surface area contributed by atoms with E-state index in [4.69, 9.17) is 5.11 Å². The zero-order chi connectivity index (χ0) is 11.6. The lowest BCUT2D eigenvalue weighted by atomic mass is 10.0. The summed E-state index contributed by atoms with van der Waals surface area (Å²) in [6.07, 6.45) is -5.70. The maximum absolute atomic E-state index is 13.3. The van der Waals surface area contributed by atoms with E-state index in [1.165, 1.54) is 13.0 Å². The second-order valence-electron chi connectivity index (χ2n) is 3.33. The minimum absolute atomic E-state index is 0.125. The molecule has 1 aromatic carbocycles. The van der Waals surface area contributed by atoms with Gasteiger partial charge in [0.1, 0.15) is 5.82 Å². The van der Waals surface area contributed by atoms with Crippen LogP contribution >= 0.6 is 0 Å². The van der Waals surface area contributed by atoms with E-state index < -0.39 is 23.7 Å². The van der Waals surface area contributed by atoms with Crippen molar-refractivity contribution >= 4 is 0 Å². The Morgan fingerprint density at radius 2 is 1.93 bits per heavy atom. The summed E-state index contributed by atoms with van der Waals surface area (Å²) in [5.41, 5.74) is -1.42. The molecule has 0 aliphatic rings. The van der Waals surface area contributed by atoms with Crippen molar-refractivity contribution in [2.24, 2.45) is 0 Å². The standard InChI is InChI=1S/C10H10F4O/c1-6(15)5-7-3-2-4-8(9(7)11)10(12,13)14/h2-4,6,15H,5H2,1H3/t6-/m0/s1. The van der Waals surface area contributed by atoms with Crippen LogP contribution in [0.5, 0.6) is 0 Å². The first kappa shape index (κ1) is 12.0. The first-order chi connectivity index (χ1) is 6.82. The van der Waals surface area contributed by atoms with Gasteiger partial charge >= 0.3 is 6.18 Å². The zero-order valence-electron chi connectivity index (χ0n) is 7.98. The first-order valence-electron chi connectivity index (χ1n) is 4.35. The quantitative estimate of drug-likeness (QED) is 0.763. The molecule has 0 aromatic heterocycles. The highest BCUT2D eigenvalue weighted by Crippen LogP contribution is 2.32. The maximum atomic E-state index is 13.3. The van der Waals surface area contributed by atoms with E-state index in [9.17, 15) is 17.6 Å². The molecular weight excluding hydrogens is 212 g/mol. The number of hydrogen-bond acceptors (Lipinski definition) is 1. The molecule has 0 spiro atoms. The van der Waals surface area contributed by atoms with Crippen molar-refractivity contribution in [3.63, 3.8) is 0 Å². The molecular formula is C10H10F4O. The van der Waals surface area contributed by atoms with Gasteiger partial charge in [-0.15, -0.1) is 0 Å². The van der Waals surface area contributed by atoms with Crippen molar-refractivity contribution in [1.82, 2.24) is 0 Å². The van der Waals surface area contributed by atoms with Gasteiger partial charge in [0.25, 0.3) is 0 Å². The van der Waals surface area contributed by atoms with E-state index in [0.29, 0.717) is 6.07 Å². The largest absolute Gasteiger partial charge is 0.419 e. The van der Waals surface area contributed by atoms with Crippen molar-refractivity contribution in [3.8, 4) is 0 Å². The average Bonchev–Trinajstić information content (AvgIpc) is 2.05. The Balaban J connectivity index is 3.12. The van der Waals surface area contributed by atoms with E-state index in [-0.39, 0.29) is 12.0 Å². The molecule has 1 atom stereocenters. The van der Waals surface area contributed by atoms with Crippen molar-refractivity contribution in [3.05, 3.63) is 35.1 Å². The molecule has 0 aliphatic carbocycles. The van der Waals surface area contributed by atoms with Crippen LogP contribution in [-0.4, -0.2) is 11.2 Å². The second-order valence-corrected chi connectivity index (χ2v) is 3.33. The van der Waals surface area contributed by atoms with Crippen molar-refractivity contribution in [2.45, 2.75) is 25.6 Å². The van der Waals surface area contributed by atoms with Gasteiger partial charge in [0.2, 0.25) is 0 Å². The van der Waals surface area contributed by atoms with Gasteiger partial charge in [0, 0.05) is 6.42 Å². The van der Waals surface area contributed by atoms with E-state index in [1.54, 1.807) is 0 Å².